The van der Waals surface area contributed by atoms with Gasteiger partial charge in [0.1, 0.15) is 21.8 Å². The number of hydrogen-bond donors (Lipinski definition) is 1. The molecule has 1 aromatic carbocycles. The molecule has 0 aliphatic rings. The summed E-state index contributed by atoms with van der Waals surface area (Å²) in [5.41, 5.74) is 0.932. The molecular formula is C15H11FN2O3S. The van der Waals surface area contributed by atoms with Gasteiger partial charge in [0, 0.05) is 11.1 Å². The van der Waals surface area contributed by atoms with Crippen molar-refractivity contribution in [2.24, 2.45) is 0 Å². The van der Waals surface area contributed by atoms with Gasteiger partial charge in [0.2, 0.25) is 0 Å². The summed E-state index contributed by atoms with van der Waals surface area (Å²) in [6.07, 6.45) is 0. The summed E-state index contributed by atoms with van der Waals surface area (Å²) in [6, 6.07) is 6.98. The molecule has 1 heterocycles. The average molecular weight is 318 g/mol. The fraction of sp³-hybridized carbons (Fsp3) is 0.133. The first-order valence-electron chi connectivity index (χ1n) is 6.16. The molecule has 22 heavy (non-hydrogen) atoms. The third-order valence-corrected chi connectivity index (χ3v) is 4.15. The van der Waals surface area contributed by atoms with Crippen LogP contribution in [0.25, 0.3) is 0 Å². The van der Waals surface area contributed by atoms with Crippen molar-refractivity contribution < 1.29 is 18.7 Å². The number of benzene rings is 1. The summed E-state index contributed by atoms with van der Waals surface area (Å²) in [5, 5.41) is 12.1. The van der Waals surface area contributed by atoms with Gasteiger partial charge in [0.15, 0.2) is 0 Å². The first-order valence-corrected chi connectivity index (χ1v) is 6.98. The van der Waals surface area contributed by atoms with Crippen LogP contribution < -0.4 is 5.32 Å². The quantitative estimate of drug-likeness (QED) is 0.882. The number of rotatable bonds is 3. The van der Waals surface area contributed by atoms with Crippen LogP contribution in [0.1, 0.15) is 31.2 Å². The summed E-state index contributed by atoms with van der Waals surface area (Å²) in [6.45, 7) is 1.63. The van der Waals surface area contributed by atoms with Gasteiger partial charge in [-0.05, 0) is 31.2 Å². The zero-order valence-corrected chi connectivity index (χ0v) is 12.6. The Kier molecular flexibility index (Phi) is 4.53. The number of anilines is 1. The smallest absolute Gasteiger partial charge is 0.349 e. The highest BCUT2D eigenvalue weighted by Crippen LogP contribution is 2.33. The zero-order valence-electron chi connectivity index (χ0n) is 11.8. The Morgan fingerprint density at radius 2 is 1.95 bits per heavy atom. The number of nitrogens with zero attached hydrogens (tertiary/aromatic N) is 1. The van der Waals surface area contributed by atoms with E-state index in [0.29, 0.717) is 10.6 Å². The normalized spacial score (nSPS) is 9.91. The number of carbonyl (C=O) groups excluding carboxylic acids is 2. The van der Waals surface area contributed by atoms with Crippen LogP contribution in [0.2, 0.25) is 0 Å². The molecule has 0 atom stereocenters. The molecule has 112 valence electrons. The van der Waals surface area contributed by atoms with Gasteiger partial charge in [-0.1, -0.05) is 0 Å². The number of hydrogen-bond acceptors (Lipinski definition) is 5. The van der Waals surface area contributed by atoms with Gasteiger partial charge < -0.3 is 10.1 Å². The average Bonchev–Trinajstić information content (AvgIpc) is 2.83. The second-order valence-electron chi connectivity index (χ2n) is 4.32. The summed E-state index contributed by atoms with van der Waals surface area (Å²) >= 11 is 0.966. The van der Waals surface area contributed by atoms with Gasteiger partial charge in [0.25, 0.3) is 5.91 Å². The highest BCUT2D eigenvalue weighted by molar-refractivity contribution is 7.18. The minimum absolute atomic E-state index is 0.136. The number of carbonyl (C=O) groups is 2. The van der Waals surface area contributed by atoms with Gasteiger partial charge in [-0.2, -0.15) is 5.26 Å². The van der Waals surface area contributed by atoms with E-state index in [1.165, 1.54) is 31.4 Å². The van der Waals surface area contributed by atoms with E-state index in [4.69, 9.17) is 5.26 Å². The van der Waals surface area contributed by atoms with Crippen LogP contribution in [0.4, 0.5) is 9.39 Å². The third kappa shape index (κ3) is 2.97. The van der Waals surface area contributed by atoms with Crippen molar-refractivity contribution in [1.29, 1.82) is 5.26 Å². The lowest BCUT2D eigenvalue weighted by Gasteiger charge is -2.03. The molecular weight excluding hydrogens is 307 g/mol. The predicted octanol–water partition coefficient (Wildman–Crippen LogP) is 3.11. The van der Waals surface area contributed by atoms with Crippen molar-refractivity contribution in [1.82, 2.24) is 0 Å². The van der Waals surface area contributed by atoms with Gasteiger partial charge in [-0.3, -0.25) is 4.79 Å². The maximum Gasteiger partial charge on any atom is 0.349 e. The van der Waals surface area contributed by atoms with Crippen LogP contribution >= 0.6 is 11.3 Å². The second kappa shape index (κ2) is 6.37. The number of ether oxygens (including phenoxy) is 1. The molecule has 0 aliphatic heterocycles. The fourth-order valence-corrected chi connectivity index (χ4v) is 2.85. The lowest BCUT2D eigenvalue weighted by Crippen LogP contribution is -2.11. The molecule has 0 radical (unpaired) electrons. The Morgan fingerprint density at radius 3 is 2.50 bits per heavy atom. The third-order valence-electron chi connectivity index (χ3n) is 2.96. The first-order chi connectivity index (χ1) is 10.5. The minimum Gasteiger partial charge on any atom is -0.465 e. The van der Waals surface area contributed by atoms with Crippen LogP contribution in [0.5, 0.6) is 0 Å². The molecule has 0 bridgehead atoms. The molecule has 0 unspecified atom stereocenters. The summed E-state index contributed by atoms with van der Waals surface area (Å²) in [7, 11) is 1.22. The van der Waals surface area contributed by atoms with E-state index in [1.807, 2.05) is 6.07 Å². The number of thiophene rings is 1. The molecule has 0 saturated carbocycles. The highest BCUT2D eigenvalue weighted by atomic mass is 32.1. The van der Waals surface area contributed by atoms with E-state index in [2.05, 4.69) is 10.1 Å². The summed E-state index contributed by atoms with van der Waals surface area (Å²) in [5.74, 6) is -1.53. The largest absolute Gasteiger partial charge is 0.465 e. The molecule has 7 heteroatoms. The SMILES string of the molecule is COC(=O)c1sc(NC(=O)c2ccc(F)cc2)c(C)c1C#N. The van der Waals surface area contributed by atoms with Gasteiger partial charge in [0.05, 0.1) is 12.7 Å². The minimum atomic E-state index is -0.632. The Labute approximate surface area is 129 Å². The van der Waals surface area contributed by atoms with Crippen LogP contribution in [0.15, 0.2) is 24.3 Å². The lowest BCUT2D eigenvalue weighted by molar-refractivity contribution is 0.0605. The van der Waals surface area contributed by atoms with E-state index in [-0.39, 0.29) is 16.0 Å². The maximum absolute atomic E-state index is 12.9. The number of methoxy groups -OCH3 is 1. The van der Waals surface area contributed by atoms with Crippen molar-refractivity contribution in [3.05, 3.63) is 51.7 Å². The standard InChI is InChI=1S/C15H11FN2O3S/c1-8-11(7-17)12(15(20)21-2)22-14(8)18-13(19)9-3-5-10(16)6-4-9/h3-6H,1-2H3,(H,18,19). The number of nitrogens with one attached hydrogen (secondary N) is 1. The summed E-state index contributed by atoms with van der Waals surface area (Å²) in [4.78, 5) is 23.9. The second-order valence-corrected chi connectivity index (χ2v) is 5.35. The van der Waals surface area contributed by atoms with Crippen LogP contribution in [0.3, 0.4) is 0 Å². The van der Waals surface area contributed by atoms with E-state index in [9.17, 15) is 14.0 Å². The Bertz CT molecular complexity index is 775. The maximum atomic E-state index is 12.9. The van der Waals surface area contributed by atoms with E-state index in [0.717, 1.165) is 11.3 Å². The monoisotopic (exact) mass is 318 g/mol. The Hall–Kier alpha value is -2.72. The van der Waals surface area contributed by atoms with Gasteiger partial charge in [-0.25, -0.2) is 9.18 Å². The van der Waals surface area contributed by atoms with Crippen molar-refractivity contribution in [3.63, 3.8) is 0 Å². The predicted molar refractivity (Wildman–Crippen MR) is 79.5 cm³/mol. The zero-order chi connectivity index (χ0) is 16.3. The molecule has 2 aromatic rings. The number of halogens is 1. The van der Waals surface area contributed by atoms with Crippen LogP contribution in [-0.2, 0) is 4.74 Å². The van der Waals surface area contributed by atoms with Crippen LogP contribution in [0, 0.1) is 24.1 Å². The molecule has 2 rings (SSSR count). The molecule has 0 aliphatic carbocycles. The molecule has 0 saturated heterocycles. The number of nitriles is 1. The Balaban J connectivity index is 2.32. The lowest BCUT2D eigenvalue weighted by atomic mass is 10.1. The van der Waals surface area contributed by atoms with Crippen molar-refractivity contribution >= 4 is 28.2 Å². The van der Waals surface area contributed by atoms with Crippen molar-refractivity contribution in [3.8, 4) is 6.07 Å². The van der Waals surface area contributed by atoms with Crippen LogP contribution in [-0.4, -0.2) is 19.0 Å². The highest BCUT2D eigenvalue weighted by Gasteiger charge is 2.22. The Morgan fingerprint density at radius 1 is 1.32 bits per heavy atom. The molecule has 0 spiro atoms. The molecule has 5 nitrogen and oxygen atoms in total. The summed E-state index contributed by atoms with van der Waals surface area (Å²) < 4.78 is 17.5. The van der Waals surface area contributed by atoms with Gasteiger partial charge >= 0.3 is 5.97 Å². The first kappa shape index (κ1) is 15.7. The molecule has 1 amide bonds. The fourth-order valence-electron chi connectivity index (χ4n) is 1.78. The van der Waals surface area contributed by atoms with E-state index >= 15 is 0 Å². The molecule has 1 N–H and O–H groups in total. The number of esters is 1. The van der Waals surface area contributed by atoms with Gasteiger partial charge in [-0.15, -0.1) is 11.3 Å². The van der Waals surface area contributed by atoms with E-state index in [1.54, 1.807) is 6.92 Å². The number of amides is 1. The van der Waals surface area contributed by atoms with Crippen molar-refractivity contribution in [2.75, 3.05) is 12.4 Å². The topological polar surface area (TPSA) is 79.2 Å². The molecule has 1 aromatic heterocycles. The van der Waals surface area contributed by atoms with Crippen molar-refractivity contribution in [2.45, 2.75) is 6.92 Å². The van der Waals surface area contributed by atoms with E-state index < -0.39 is 17.7 Å². The molecule has 0 fully saturated rings.